The molecule has 3 rings (SSSR count). The van der Waals surface area contributed by atoms with Gasteiger partial charge in [-0.1, -0.05) is 23.4 Å². The molecular formula is C21H21FN2O4S. The Morgan fingerprint density at radius 3 is 2.62 bits per heavy atom. The van der Waals surface area contributed by atoms with Crippen molar-refractivity contribution in [2.45, 2.75) is 32.7 Å². The molecule has 0 aliphatic rings. The number of hydrogen-bond acceptors (Lipinski definition) is 6. The predicted octanol–water partition coefficient (Wildman–Crippen LogP) is 3.87. The minimum absolute atomic E-state index is 0.127. The summed E-state index contributed by atoms with van der Waals surface area (Å²) in [6.45, 7) is 3.21. The standard InChI is InChI=1S/C21H21FN2O4S/c1-13-17(14(2)28-24-13)9-10-20(26)27-12-19(25)23-21(18-4-3-11-29-18)15-5-7-16(22)8-6-15/h3-8,11,21H,9-10,12H2,1-2H3,(H,23,25)/t21-/m1/s1. The zero-order chi connectivity index (χ0) is 20.8. The fourth-order valence-corrected chi connectivity index (χ4v) is 3.74. The first-order valence-corrected chi connectivity index (χ1v) is 9.97. The molecule has 0 fully saturated rings. The molecule has 0 spiro atoms. The van der Waals surface area contributed by atoms with Crippen LogP contribution in [0.3, 0.4) is 0 Å². The number of thiophene rings is 1. The molecule has 0 bridgehead atoms. The van der Waals surface area contributed by atoms with Crippen LogP contribution >= 0.6 is 11.3 Å². The van der Waals surface area contributed by atoms with Gasteiger partial charge in [0.1, 0.15) is 11.6 Å². The number of nitrogens with zero attached hydrogens (tertiary/aromatic N) is 1. The van der Waals surface area contributed by atoms with Crippen molar-refractivity contribution >= 4 is 23.2 Å². The van der Waals surface area contributed by atoms with Crippen molar-refractivity contribution in [1.82, 2.24) is 10.5 Å². The molecule has 152 valence electrons. The zero-order valence-corrected chi connectivity index (χ0v) is 16.9. The number of aryl methyl sites for hydroxylation is 2. The third kappa shape index (κ3) is 5.51. The molecule has 1 N–H and O–H groups in total. The van der Waals surface area contributed by atoms with Crippen LogP contribution < -0.4 is 5.32 Å². The number of rotatable bonds is 8. The summed E-state index contributed by atoms with van der Waals surface area (Å²) in [4.78, 5) is 25.2. The van der Waals surface area contributed by atoms with E-state index in [1.807, 2.05) is 24.4 Å². The summed E-state index contributed by atoms with van der Waals surface area (Å²) >= 11 is 1.47. The maximum Gasteiger partial charge on any atom is 0.306 e. The Labute approximate surface area is 171 Å². The summed E-state index contributed by atoms with van der Waals surface area (Å²) in [6.07, 6.45) is 0.567. The molecule has 1 atom stereocenters. The first-order chi connectivity index (χ1) is 13.9. The molecule has 8 heteroatoms. The van der Waals surface area contributed by atoms with E-state index in [4.69, 9.17) is 9.26 Å². The Hall–Kier alpha value is -3.00. The molecule has 1 aromatic carbocycles. The lowest BCUT2D eigenvalue weighted by Gasteiger charge is -2.18. The Bertz CT molecular complexity index is 948. The molecule has 0 aliphatic carbocycles. The van der Waals surface area contributed by atoms with Crippen LogP contribution in [-0.4, -0.2) is 23.6 Å². The van der Waals surface area contributed by atoms with Crippen molar-refractivity contribution in [3.8, 4) is 0 Å². The van der Waals surface area contributed by atoms with E-state index in [2.05, 4.69) is 10.5 Å². The molecular weight excluding hydrogens is 395 g/mol. The Balaban J connectivity index is 1.55. The second-order valence-electron chi connectivity index (χ2n) is 6.53. The number of amides is 1. The van der Waals surface area contributed by atoms with Gasteiger partial charge < -0.3 is 14.6 Å². The SMILES string of the molecule is Cc1noc(C)c1CCC(=O)OCC(=O)N[C@H](c1ccc(F)cc1)c1cccs1. The molecule has 0 saturated heterocycles. The van der Waals surface area contributed by atoms with E-state index >= 15 is 0 Å². The van der Waals surface area contributed by atoms with Crippen LogP contribution in [-0.2, 0) is 20.7 Å². The fourth-order valence-electron chi connectivity index (χ4n) is 2.94. The number of nitrogens with one attached hydrogen (secondary N) is 1. The summed E-state index contributed by atoms with van der Waals surface area (Å²) in [5.74, 6) is -0.587. The maximum absolute atomic E-state index is 13.2. The van der Waals surface area contributed by atoms with Crippen LogP contribution in [0.2, 0.25) is 0 Å². The summed E-state index contributed by atoms with van der Waals surface area (Å²) in [5.41, 5.74) is 2.36. The summed E-state index contributed by atoms with van der Waals surface area (Å²) in [6, 6.07) is 9.24. The number of carbonyl (C=O) groups excluding carboxylic acids is 2. The highest BCUT2D eigenvalue weighted by atomic mass is 32.1. The van der Waals surface area contributed by atoms with Gasteiger partial charge in [0.05, 0.1) is 11.7 Å². The zero-order valence-electron chi connectivity index (χ0n) is 16.1. The number of hydrogen-bond donors (Lipinski definition) is 1. The lowest BCUT2D eigenvalue weighted by Crippen LogP contribution is -2.32. The van der Waals surface area contributed by atoms with Gasteiger partial charge in [-0.25, -0.2) is 4.39 Å². The van der Waals surface area contributed by atoms with Crippen LogP contribution in [0, 0.1) is 19.7 Å². The molecule has 0 aliphatic heterocycles. The first kappa shape index (κ1) is 20.7. The van der Waals surface area contributed by atoms with Crippen molar-refractivity contribution in [3.63, 3.8) is 0 Å². The largest absolute Gasteiger partial charge is 0.456 e. The fraction of sp³-hybridized carbons (Fsp3) is 0.286. The molecule has 29 heavy (non-hydrogen) atoms. The number of ether oxygens (including phenoxy) is 1. The highest BCUT2D eigenvalue weighted by molar-refractivity contribution is 7.10. The second-order valence-corrected chi connectivity index (χ2v) is 7.51. The van der Waals surface area contributed by atoms with Crippen molar-refractivity contribution in [3.05, 3.63) is 75.1 Å². The smallest absolute Gasteiger partial charge is 0.306 e. The maximum atomic E-state index is 13.2. The molecule has 0 radical (unpaired) electrons. The topological polar surface area (TPSA) is 81.4 Å². The normalized spacial score (nSPS) is 11.8. The minimum Gasteiger partial charge on any atom is -0.456 e. The number of benzene rings is 1. The van der Waals surface area contributed by atoms with Crippen LogP contribution in [0.25, 0.3) is 0 Å². The van der Waals surface area contributed by atoms with Crippen molar-refractivity contribution < 1.29 is 23.2 Å². The van der Waals surface area contributed by atoms with Gasteiger partial charge in [-0.2, -0.15) is 0 Å². The van der Waals surface area contributed by atoms with Crippen molar-refractivity contribution in [2.75, 3.05) is 6.61 Å². The average Bonchev–Trinajstić information content (AvgIpc) is 3.34. The molecule has 0 saturated carbocycles. The van der Waals surface area contributed by atoms with Crippen LogP contribution in [0.4, 0.5) is 4.39 Å². The average molecular weight is 416 g/mol. The van der Waals surface area contributed by atoms with E-state index in [1.54, 1.807) is 19.1 Å². The number of esters is 1. The quantitative estimate of drug-likeness (QED) is 0.564. The lowest BCUT2D eigenvalue weighted by atomic mass is 10.1. The van der Waals surface area contributed by atoms with Gasteiger partial charge in [0.2, 0.25) is 0 Å². The van der Waals surface area contributed by atoms with Gasteiger partial charge in [-0.05, 0) is 49.4 Å². The minimum atomic E-state index is -0.477. The highest BCUT2D eigenvalue weighted by Gasteiger charge is 2.19. The number of aromatic nitrogens is 1. The monoisotopic (exact) mass is 416 g/mol. The van der Waals surface area contributed by atoms with E-state index in [9.17, 15) is 14.0 Å². The predicted molar refractivity (Wildman–Crippen MR) is 106 cm³/mol. The van der Waals surface area contributed by atoms with Crippen LogP contribution in [0.15, 0.2) is 46.3 Å². The summed E-state index contributed by atoms with van der Waals surface area (Å²) < 4.78 is 23.4. The molecule has 2 aromatic heterocycles. The lowest BCUT2D eigenvalue weighted by molar-refractivity contribution is -0.148. The van der Waals surface area contributed by atoms with Gasteiger partial charge in [-0.3, -0.25) is 9.59 Å². The number of halogens is 1. The van der Waals surface area contributed by atoms with Crippen LogP contribution in [0.1, 0.15) is 39.9 Å². The van der Waals surface area contributed by atoms with Crippen molar-refractivity contribution in [1.29, 1.82) is 0 Å². The van der Waals surface area contributed by atoms with Gasteiger partial charge >= 0.3 is 5.97 Å². The van der Waals surface area contributed by atoms with E-state index in [1.165, 1.54) is 23.5 Å². The molecule has 3 aromatic rings. The number of carbonyl (C=O) groups is 2. The van der Waals surface area contributed by atoms with E-state index in [0.717, 1.165) is 21.7 Å². The van der Waals surface area contributed by atoms with Crippen molar-refractivity contribution in [2.24, 2.45) is 0 Å². The molecule has 6 nitrogen and oxygen atoms in total. The Morgan fingerprint density at radius 2 is 2.00 bits per heavy atom. The summed E-state index contributed by atoms with van der Waals surface area (Å²) in [7, 11) is 0. The summed E-state index contributed by atoms with van der Waals surface area (Å²) in [5, 5.41) is 8.59. The highest BCUT2D eigenvalue weighted by Crippen LogP contribution is 2.26. The van der Waals surface area contributed by atoms with E-state index < -0.39 is 17.9 Å². The van der Waals surface area contributed by atoms with E-state index in [-0.39, 0.29) is 18.8 Å². The van der Waals surface area contributed by atoms with Gasteiger partial charge in [0.25, 0.3) is 5.91 Å². The molecule has 2 heterocycles. The second kappa shape index (κ2) is 9.47. The van der Waals surface area contributed by atoms with Gasteiger partial charge in [-0.15, -0.1) is 11.3 Å². The third-order valence-corrected chi connectivity index (χ3v) is 5.40. The molecule has 0 unspecified atom stereocenters. The Morgan fingerprint density at radius 1 is 1.24 bits per heavy atom. The third-order valence-electron chi connectivity index (χ3n) is 4.46. The Kier molecular flexibility index (Phi) is 6.77. The molecule has 1 amide bonds. The first-order valence-electron chi connectivity index (χ1n) is 9.09. The van der Waals surface area contributed by atoms with E-state index in [0.29, 0.717) is 12.2 Å². The van der Waals surface area contributed by atoms with Gasteiger partial charge in [0, 0.05) is 16.9 Å². The van der Waals surface area contributed by atoms with Gasteiger partial charge in [0.15, 0.2) is 6.61 Å². The van der Waals surface area contributed by atoms with Crippen LogP contribution in [0.5, 0.6) is 0 Å².